The largest absolute Gasteiger partial charge is 0.477 e. The number of nitrogens with two attached hydrogens (primary N) is 2. The number of hydrogen-bond acceptors (Lipinski definition) is 25. The number of hydrogen-bond donors (Lipinski definition) is 6. The van der Waals surface area contributed by atoms with E-state index >= 15 is 4.39 Å². The number of aryl methyl sites for hydroxylation is 4. The Balaban J connectivity index is 0.000000132. The van der Waals surface area contributed by atoms with Gasteiger partial charge in [0.15, 0.2) is 75.0 Å². The molecule has 20 rings (SSSR count). The minimum atomic E-state index is -1.29. The number of pyridine rings is 6. The average Bonchev–Trinajstić information content (AvgIpc) is 1.77. The molecular weight excluding hydrogens is 1870 g/mol. The van der Waals surface area contributed by atoms with Crippen LogP contribution in [0.3, 0.4) is 0 Å². The Morgan fingerprint density at radius 2 is 0.746 bits per heavy atom. The fourth-order valence-electron chi connectivity index (χ4n) is 13.3. The van der Waals surface area contributed by atoms with Gasteiger partial charge in [0.25, 0.3) is 22.5 Å². The average molecular weight is 1940 g/mol. The number of fused-ring (bicyclic) bond motifs is 4. The molecule has 0 aliphatic rings. The van der Waals surface area contributed by atoms with Crippen molar-refractivity contribution >= 4 is 107 Å². The number of rotatable bonds is 22. The summed E-state index contributed by atoms with van der Waals surface area (Å²) in [5.74, 6) is -4.05. The molecule has 0 amide bonds. The summed E-state index contributed by atoms with van der Waals surface area (Å²) >= 11 is 3.31. The van der Waals surface area contributed by atoms with Gasteiger partial charge in [0.1, 0.15) is 39.3 Å². The number of carboxylic acid groups (broad SMARTS) is 1. The summed E-state index contributed by atoms with van der Waals surface area (Å²) in [4.78, 5) is 68.6. The van der Waals surface area contributed by atoms with Crippen molar-refractivity contribution in [3.8, 4) is 57.4 Å². The number of nitrogens with zero attached hydrogens (tertiary/aromatic N) is 20. The van der Waals surface area contributed by atoms with Crippen LogP contribution >= 0.6 is 15.9 Å². The number of benzene rings is 6. The SMILES string of the molecule is Cn1cc(N)cn1.Cn1cc(Nc2cc(Oc3ccc(CC(=O)c4cccn(-c5ccc(F)cc5)c4=O)cc3F)c3ccnn3c2)cn1.Cn1cc(Nc2cc(Oc3ccc(N)cc3F)c3ccnn3c2)cn1.Cn1cc(Nc2cc(Oc3ccc([N+](=O)[O-])cc3F)c3ccnn3c2)cn1.O=C(O)c1cccn(-c2ccc(F)cc2)c1=O.O=[N+]([O-])c1ccc(Oc2cc(Br)cn3nccc23)c(F)c1. The summed E-state index contributed by atoms with van der Waals surface area (Å²) < 4.78 is 122. The highest BCUT2D eigenvalue weighted by Gasteiger charge is 2.22. The zero-order valence-corrected chi connectivity index (χ0v) is 73.8. The molecule has 0 spiro atoms. The summed E-state index contributed by atoms with van der Waals surface area (Å²) in [6, 6.07) is 45.0. The Hall–Kier alpha value is -19.0. The highest BCUT2D eigenvalue weighted by atomic mass is 79.9. The first-order chi connectivity index (χ1) is 66.3. The third-order valence-corrected chi connectivity index (χ3v) is 20.1. The lowest BCUT2D eigenvalue weighted by atomic mass is 10.0. The maximum absolute atomic E-state index is 15.2. The van der Waals surface area contributed by atoms with Crippen molar-refractivity contribution in [3.63, 3.8) is 0 Å². The van der Waals surface area contributed by atoms with E-state index < -0.39 is 67.6 Å². The molecule has 138 heavy (non-hydrogen) atoms. The number of aromatic carboxylic acids is 1. The highest BCUT2D eigenvalue weighted by molar-refractivity contribution is 9.10. The number of non-ortho nitro benzene ring substituents is 2. The van der Waals surface area contributed by atoms with Gasteiger partial charge in [-0.1, -0.05) is 6.07 Å². The molecule has 0 aliphatic heterocycles. The van der Waals surface area contributed by atoms with Crippen molar-refractivity contribution in [1.29, 1.82) is 0 Å². The lowest BCUT2D eigenvalue weighted by Gasteiger charge is -2.12. The Morgan fingerprint density at radius 1 is 0.391 bits per heavy atom. The highest BCUT2D eigenvalue weighted by Crippen LogP contribution is 2.38. The number of carbonyl (C=O) groups is 2. The number of Topliss-reactive ketones (excluding diaryl/α,β-unsaturated/α-hetero) is 1. The maximum atomic E-state index is 15.2. The number of nitrogen functional groups attached to an aromatic ring is 2. The topological polar surface area (TPSA) is 450 Å². The van der Waals surface area contributed by atoms with Crippen LogP contribution in [0, 0.1) is 55.1 Å². The van der Waals surface area contributed by atoms with Crippen molar-refractivity contribution in [2.24, 2.45) is 28.2 Å². The van der Waals surface area contributed by atoms with Gasteiger partial charge in [0, 0.05) is 136 Å². The zero-order chi connectivity index (χ0) is 97.5. The van der Waals surface area contributed by atoms with Crippen LogP contribution in [-0.2, 0) is 34.6 Å². The number of nitrogens with one attached hydrogen (secondary N) is 3. The van der Waals surface area contributed by atoms with E-state index in [-0.39, 0.29) is 51.9 Å². The minimum absolute atomic E-state index is 0.0406. The summed E-state index contributed by atoms with van der Waals surface area (Å²) in [6.07, 6.45) is 30.1. The number of carboxylic acids is 1. The van der Waals surface area contributed by atoms with Gasteiger partial charge in [-0.25, -0.2) is 49.2 Å². The molecule has 0 bridgehead atoms. The van der Waals surface area contributed by atoms with Crippen LogP contribution in [0.25, 0.3) is 33.4 Å². The number of ether oxygens (including phenoxy) is 4. The van der Waals surface area contributed by atoms with Crippen molar-refractivity contribution in [3.05, 3.63) is 403 Å². The fourth-order valence-corrected chi connectivity index (χ4v) is 13.7. The zero-order valence-electron chi connectivity index (χ0n) is 72.2. The van der Waals surface area contributed by atoms with Gasteiger partial charge in [0.05, 0.1) is 136 Å². The van der Waals surface area contributed by atoms with Gasteiger partial charge in [-0.2, -0.15) is 40.8 Å². The molecule has 14 heterocycles. The normalized spacial score (nSPS) is 10.8. The van der Waals surface area contributed by atoms with E-state index in [1.54, 1.807) is 204 Å². The van der Waals surface area contributed by atoms with Gasteiger partial charge < -0.3 is 51.5 Å². The monoisotopic (exact) mass is 1940 g/mol. The molecule has 0 saturated carbocycles. The molecule has 696 valence electrons. The minimum Gasteiger partial charge on any atom is -0.477 e. The summed E-state index contributed by atoms with van der Waals surface area (Å²) in [5.41, 5.74) is 17.9. The molecule has 0 fully saturated rings. The van der Waals surface area contributed by atoms with E-state index in [0.717, 1.165) is 39.4 Å². The molecule has 0 aliphatic carbocycles. The smallest absolute Gasteiger partial charge is 0.341 e. The number of anilines is 8. The molecule has 38 nitrogen and oxygen atoms in total. The van der Waals surface area contributed by atoms with Gasteiger partial charge in [-0.05, 0) is 161 Å². The quantitative estimate of drug-likeness (QED) is 0.0121. The van der Waals surface area contributed by atoms with Crippen LogP contribution in [0.1, 0.15) is 26.3 Å². The van der Waals surface area contributed by atoms with Gasteiger partial charge in [-0.15, -0.1) is 0 Å². The third kappa shape index (κ3) is 23.1. The van der Waals surface area contributed by atoms with Crippen LogP contribution in [0.2, 0.25) is 0 Å². The molecule has 0 atom stereocenters. The van der Waals surface area contributed by atoms with Crippen molar-refractivity contribution in [2.75, 3.05) is 27.4 Å². The molecule has 14 aromatic heterocycles. The van der Waals surface area contributed by atoms with E-state index in [2.05, 4.69) is 72.7 Å². The second kappa shape index (κ2) is 41.6. The first-order valence-corrected chi connectivity index (χ1v) is 41.3. The van der Waals surface area contributed by atoms with Crippen LogP contribution in [-0.4, -0.2) is 113 Å². The summed E-state index contributed by atoms with van der Waals surface area (Å²) in [5, 5.41) is 72.6. The van der Waals surface area contributed by atoms with E-state index in [9.17, 15) is 61.4 Å². The molecule has 0 unspecified atom stereocenters. The number of nitro benzene ring substituents is 2. The van der Waals surface area contributed by atoms with Crippen LogP contribution < -0.4 is 57.5 Å². The lowest BCUT2D eigenvalue weighted by Crippen LogP contribution is -2.25. The molecule has 6 aromatic carbocycles. The number of aromatic nitrogens is 18. The van der Waals surface area contributed by atoms with Crippen LogP contribution in [0.5, 0.6) is 46.0 Å². The number of nitro groups is 2. The number of ketones is 1. The lowest BCUT2D eigenvalue weighted by molar-refractivity contribution is -0.385. The Kier molecular flexibility index (Phi) is 28.3. The van der Waals surface area contributed by atoms with E-state index in [1.807, 2.05) is 26.5 Å². The predicted octanol–water partition coefficient (Wildman–Crippen LogP) is 18.0. The Morgan fingerprint density at radius 3 is 1.09 bits per heavy atom. The maximum Gasteiger partial charge on any atom is 0.341 e. The molecule has 0 radical (unpaired) electrons. The van der Waals surface area contributed by atoms with Crippen LogP contribution in [0.4, 0.5) is 83.2 Å². The number of carbonyl (C=O) groups excluding carboxylic acids is 1. The standard InChI is InChI=1S/C30H22F2N6O3.C17H13FN6O3.C17H15FN6O.C13H7BrFN3O3.C12H8FNO3.C4H7N3/c1-36-17-22(16-34-36)35-21-15-29(26-10-11-33-38(26)18-21)41-28-9-4-19(13-25(28)32)14-27(39)24-3-2-12-37(30(24)40)23-7-5-20(31)6-8-23;1-22-9-12(8-20-22)21-11-6-17(15-4-5-19-23(15)10-11)27-16-3-2-13(24(25)26)7-14(16)18;1-23-9-13(8-21-23)22-12-7-17(15-4-5-20-24(15)10-12)25-16-3-2-11(19)6-14(16)18;14-8-5-13(11-3-4-16-17(11)7-8)21-12-2-1-9(18(19)20)6-10(12)15;13-8-3-5-9(6-4-8)14-7-1-2-10(11(14)15)12(16)17;1-7-3-4(5)2-6-7/h2-13,15-18,35H,14H2,1H3;2-10,21H,1H3;2-10,22H,19H2,1H3;1-7H;1-7H,(H,16,17);2-3H,5H2,1H3. The molecule has 45 heteroatoms. The summed E-state index contributed by atoms with van der Waals surface area (Å²) in [7, 11) is 7.27. The predicted molar refractivity (Wildman–Crippen MR) is 498 cm³/mol. The second-order valence-electron chi connectivity index (χ2n) is 29.6. The van der Waals surface area contributed by atoms with Crippen molar-refractivity contribution in [1.82, 2.24) is 86.7 Å². The van der Waals surface area contributed by atoms with E-state index in [4.69, 9.17) is 35.5 Å². The van der Waals surface area contributed by atoms with E-state index in [1.165, 1.54) is 132 Å². The Labute approximate surface area is 781 Å². The summed E-state index contributed by atoms with van der Waals surface area (Å²) in [6.45, 7) is 0. The van der Waals surface area contributed by atoms with Gasteiger partial charge in [0.2, 0.25) is 0 Å². The molecule has 8 N–H and O–H groups in total. The Bertz CT molecular complexity index is 8020. The molecule has 20 aromatic rings. The van der Waals surface area contributed by atoms with E-state index in [0.29, 0.717) is 89.2 Å². The third-order valence-electron chi connectivity index (χ3n) is 19.6. The first-order valence-electron chi connectivity index (χ1n) is 40.6. The molecule has 0 saturated heterocycles. The van der Waals surface area contributed by atoms with Crippen molar-refractivity contribution < 1.29 is 69.8 Å². The first kappa shape index (κ1) is 93.7. The fraction of sp³-hybridized carbons (Fsp3) is 0.0538. The van der Waals surface area contributed by atoms with Crippen molar-refractivity contribution in [2.45, 2.75) is 6.42 Å². The second-order valence-corrected chi connectivity index (χ2v) is 30.6. The van der Waals surface area contributed by atoms with Crippen LogP contribution in [0.15, 0.2) is 320 Å². The molecular formula is C93H72BrF6N25O13. The van der Waals surface area contributed by atoms with Gasteiger partial charge in [-0.3, -0.25) is 62.5 Å². The number of halogens is 7. The van der Waals surface area contributed by atoms with Gasteiger partial charge >= 0.3 is 5.97 Å².